The highest BCUT2D eigenvalue weighted by atomic mass is 19.1. The van der Waals surface area contributed by atoms with E-state index >= 15 is 0 Å². The minimum absolute atomic E-state index is 0.221. The molecule has 0 fully saturated rings. The Morgan fingerprint density at radius 2 is 2.25 bits per heavy atom. The van der Waals surface area contributed by atoms with E-state index in [0.29, 0.717) is 12.2 Å². The van der Waals surface area contributed by atoms with Crippen LogP contribution in [0.1, 0.15) is 19.3 Å². The van der Waals surface area contributed by atoms with Crippen molar-refractivity contribution < 1.29 is 4.39 Å². The molecule has 68 valence electrons. The fourth-order valence-corrected chi connectivity index (χ4v) is 1.05. The summed E-state index contributed by atoms with van der Waals surface area (Å²) in [6.45, 7) is 0.610. The zero-order valence-corrected chi connectivity index (χ0v) is 7.04. The molecule has 1 aromatic heterocycles. The van der Waals surface area contributed by atoms with Crippen LogP contribution in [0.3, 0.4) is 0 Å². The number of nitrogens with zero attached hydrogens (tertiary/aromatic N) is 2. The van der Waals surface area contributed by atoms with Gasteiger partial charge >= 0.3 is 0 Å². The molecular weight excluding hydrogens is 157 g/mol. The van der Waals surface area contributed by atoms with Gasteiger partial charge in [0.05, 0.1) is 6.67 Å². The van der Waals surface area contributed by atoms with E-state index in [1.807, 2.05) is 6.20 Å². The standard InChI is InChI=1S/C8H14FN3/c9-5-2-1-3-6-12-7-4-8(10)11-12/h4,7H,1-3,5-6H2,(H2,10,11). The normalized spacial score (nSPS) is 10.4. The molecular formula is C8H14FN3. The minimum atomic E-state index is -0.221. The summed E-state index contributed by atoms with van der Waals surface area (Å²) in [5, 5.41) is 4.01. The second-order valence-corrected chi connectivity index (χ2v) is 2.75. The van der Waals surface area contributed by atoms with E-state index in [1.165, 1.54) is 0 Å². The summed E-state index contributed by atoms with van der Waals surface area (Å²) in [6, 6.07) is 1.76. The van der Waals surface area contributed by atoms with Crippen molar-refractivity contribution in [1.29, 1.82) is 0 Å². The number of anilines is 1. The highest BCUT2D eigenvalue weighted by Gasteiger charge is 1.93. The lowest BCUT2D eigenvalue weighted by Crippen LogP contribution is -1.99. The molecule has 0 saturated heterocycles. The molecule has 0 saturated carbocycles. The highest BCUT2D eigenvalue weighted by molar-refractivity contribution is 5.23. The fourth-order valence-electron chi connectivity index (χ4n) is 1.05. The van der Waals surface area contributed by atoms with Gasteiger partial charge in [-0.2, -0.15) is 5.10 Å². The lowest BCUT2D eigenvalue weighted by Gasteiger charge is -1.98. The van der Waals surface area contributed by atoms with Crippen molar-refractivity contribution in [2.24, 2.45) is 0 Å². The molecule has 0 aliphatic carbocycles. The lowest BCUT2D eigenvalue weighted by molar-refractivity contribution is 0.443. The maximum atomic E-state index is 11.7. The van der Waals surface area contributed by atoms with Crippen molar-refractivity contribution >= 4 is 5.82 Å². The molecule has 4 heteroatoms. The predicted octanol–water partition coefficient (Wildman–Crippen LogP) is 1.61. The fraction of sp³-hybridized carbons (Fsp3) is 0.625. The number of aryl methyl sites for hydroxylation is 1. The molecule has 0 spiro atoms. The zero-order chi connectivity index (χ0) is 8.81. The summed E-state index contributed by atoms with van der Waals surface area (Å²) >= 11 is 0. The molecule has 0 aliphatic heterocycles. The van der Waals surface area contributed by atoms with Gasteiger partial charge in [0.1, 0.15) is 5.82 Å². The van der Waals surface area contributed by atoms with Gasteiger partial charge in [-0.3, -0.25) is 9.07 Å². The topological polar surface area (TPSA) is 43.8 Å². The summed E-state index contributed by atoms with van der Waals surface area (Å²) < 4.78 is 13.5. The van der Waals surface area contributed by atoms with Crippen LogP contribution >= 0.6 is 0 Å². The summed E-state index contributed by atoms with van der Waals surface area (Å²) in [4.78, 5) is 0. The minimum Gasteiger partial charge on any atom is -0.382 e. The van der Waals surface area contributed by atoms with Crippen LogP contribution in [-0.4, -0.2) is 16.5 Å². The Hall–Kier alpha value is -1.06. The molecule has 1 aromatic rings. The van der Waals surface area contributed by atoms with E-state index in [9.17, 15) is 4.39 Å². The van der Waals surface area contributed by atoms with E-state index in [2.05, 4.69) is 5.10 Å². The van der Waals surface area contributed by atoms with Crippen molar-refractivity contribution in [2.45, 2.75) is 25.8 Å². The lowest BCUT2D eigenvalue weighted by atomic mass is 10.2. The van der Waals surface area contributed by atoms with Crippen molar-refractivity contribution in [3.63, 3.8) is 0 Å². The Balaban J connectivity index is 2.15. The third-order valence-corrected chi connectivity index (χ3v) is 1.68. The molecule has 0 amide bonds. The Morgan fingerprint density at radius 3 is 2.83 bits per heavy atom. The SMILES string of the molecule is Nc1ccn(CCCCCF)n1. The third kappa shape index (κ3) is 2.90. The summed E-state index contributed by atoms with van der Waals surface area (Å²) in [6.07, 6.45) is 4.36. The van der Waals surface area contributed by atoms with Crippen molar-refractivity contribution in [2.75, 3.05) is 12.4 Å². The summed E-state index contributed by atoms with van der Waals surface area (Å²) in [5.74, 6) is 0.542. The predicted molar refractivity (Wildman–Crippen MR) is 46.5 cm³/mol. The first kappa shape index (κ1) is 9.03. The van der Waals surface area contributed by atoms with E-state index in [0.717, 1.165) is 19.4 Å². The van der Waals surface area contributed by atoms with E-state index < -0.39 is 0 Å². The van der Waals surface area contributed by atoms with Gasteiger partial charge in [-0.25, -0.2) is 0 Å². The van der Waals surface area contributed by atoms with E-state index in [1.54, 1.807) is 10.7 Å². The van der Waals surface area contributed by atoms with Gasteiger partial charge in [-0.1, -0.05) is 0 Å². The zero-order valence-electron chi connectivity index (χ0n) is 7.04. The molecule has 1 heterocycles. The molecule has 0 unspecified atom stereocenters. The van der Waals surface area contributed by atoms with E-state index in [-0.39, 0.29) is 6.67 Å². The van der Waals surface area contributed by atoms with Crippen LogP contribution in [0.5, 0.6) is 0 Å². The maximum absolute atomic E-state index is 11.7. The molecule has 1 rings (SSSR count). The Labute approximate surface area is 71.4 Å². The van der Waals surface area contributed by atoms with Gasteiger partial charge in [0.15, 0.2) is 0 Å². The van der Waals surface area contributed by atoms with Gasteiger partial charge in [0.25, 0.3) is 0 Å². The molecule has 0 radical (unpaired) electrons. The number of hydrogen-bond donors (Lipinski definition) is 1. The molecule has 3 nitrogen and oxygen atoms in total. The average Bonchev–Trinajstić information content (AvgIpc) is 2.45. The second kappa shape index (κ2) is 4.74. The van der Waals surface area contributed by atoms with Gasteiger partial charge in [0.2, 0.25) is 0 Å². The Bertz CT molecular complexity index is 222. The largest absolute Gasteiger partial charge is 0.382 e. The van der Waals surface area contributed by atoms with Crippen LogP contribution in [0.15, 0.2) is 12.3 Å². The molecule has 0 atom stereocenters. The number of alkyl halides is 1. The van der Waals surface area contributed by atoms with Gasteiger partial charge in [-0.15, -0.1) is 0 Å². The smallest absolute Gasteiger partial charge is 0.145 e. The summed E-state index contributed by atoms with van der Waals surface area (Å²) in [7, 11) is 0. The second-order valence-electron chi connectivity index (χ2n) is 2.75. The van der Waals surface area contributed by atoms with Crippen LogP contribution in [-0.2, 0) is 6.54 Å². The Morgan fingerprint density at radius 1 is 1.42 bits per heavy atom. The van der Waals surface area contributed by atoms with Crippen LogP contribution in [0, 0.1) is 0 Å². The third-order valence-electron chi connectivity index (χ3n) is 1.68. The van der Waals surface area contributed by atoms with E-state index in [4.69, 9.17) is 5.73 Å². The number of unbranched alkanes of at least 4 members (excludes halogenated alkanes) is 2. The number of hydrogen-bond acceptors (Lipinski definition) is 2. The number of nitrogen functional groups attached to an aromatic ring is 1. The molecule has 2 N–H and O–H groups in total. The van der Waals surface area contributed by atoms with Crippen molar-refractivity contribution in [1.82, 2.24) is 9.78 Å². The van der Waals surface area contributed by atoms with Crippen LogP contribution < -0.4 is 5.73 Å². The first-order chi connectivity index (χ1) is 5.83. The van der Waals surface area contributed by atoms with Crippen LogP contribution in [0.25, 0.3) is 0 Å². The van der Waals surface area contributed by atoms with Gasteiger partial charge in [-0.05, 0) is 25.3 Å². The number of nitrogens with two attached hydrogens (primary N) is 1. The molecule has 0 aliphatic rings. The number of rotatable bonds is 5. The monoisotopic (exact) mass is 171 g/mol. The van der Waals surface area contributed by atoms with Crippen LogP contribution in [0.4, 0.5) is 10.2 Å². The van der Waals surface area contributed by atoms with Crippen molar-refractivity contribution in [3.05, 3.63) is 12.3 Å². The molecule has 12 heavy (non-hydrogen) atoms. The van der Waals surface area contributed by atoms with Crippen LogP contribution in [0.2, 0.25) is 0 Å². The first-order valence-corrected chi connectivity index (χ1v) is 4.18. The highest BCUT2D eigenvalue weighted by Crippen LogP contribution is 2.01. The average molecular weight is 171 g/mol. The molecule has 0 aromatic carbocycles. The number of halogens is 1. The van der Waals surface area contributed by atoms with Gasteiger partial charge in [0, 0.05) is 12.7 Å². The first-order valence-electron chi connectivity index (χ1n) is 4.18. The van der Waals surface area contributed by atoms with Crippen molar-refractivity contribution in [3.8, 4) is 0 Å². The summed E-state index contributed by atoms with van der Waals surface area (Å²) in [5.41, 5.74) is 5.42. The van der Waals surface area contributed by atoms with Gasteiger partial charge < -0.3 is 5.73 Å². The Kier molecular flexibility index (Phi) is 3.57. The molecule has 0 bridgehead atoms. The number of aromatic nitrogens is 2. The maximum Gasteiger partial charge on any atom is 0.145 e. The quantitative estimate of drug-likeness (QED) is 0.684.